The molecule has 0 spiro atoms. The Morgan fingerprint density at radius 3 is 2.20 bits per heavy atom. The van der Waals surface area contributed by atoms with Crippen LogP contribution in [0.1, 0.15) is 31.1 Å². The van der Waals surface area contributed by atoms with Gasteiger partial charge in [-0.2, -0.15) is 8.42 Å². The van der Waals surface area contributed by atoms with Gasteiger partial charge in [0.25, 0.3) is 21.5 Å². The quantitative estimate of drug-likeness (QED) is 0.164. The van der Waals surface area contributed by atoms with Gasteiger partial charge >= 0.3 is 5.97 Å². The minimum absolute atomic E-state index is 0.0386. The number of benzene rings is 1. The lowest BCUT2D eigenvalue weighted by Crippen LogP contribution is -2.33. The van der Waals surface area contributed by atoms with Gasteiger partial charge in [0.2, 0.25) is 0 Å². The van der Waals surface area contributed by atoms with Crippen LogP contribution in [0.3, 0.4) is 0 Å². The molecule has 0 bridgehead atoms. The van der Waals surface area contributed by atoms with Crippen LogP contribution in [0.15, 0.2) is 12.1 Å². The summed E-state index contributed by atoms with van der Waals surface area (Å²) in [5, 5.41) is 22.9. The third kappa shape index (κ3) is 7.72. The van der Waals surface area contributed by atoms with Crippen LogP contribution < -0.4 is 4.90 Å². The van der Waals surface area contributed by atoms with Crippen molar-refractivity contribution in [2.45, 2.75) is 26.4 Å². The monoisotopic (exact) mass is 467 g/mol. The number of non-ortho nitro benzene ring substituents is 1. The van der Waals surface area contributed by atoms with E-state index in [0.29, 0.717) is 6.07 Å². The summed E-state index contributed by atoms with van der Waals surface area (Å²) < 4.78 is 32.3. The number of nitro benzene ring substituents is 2. The fourth-order valence-electron chi connectivity index (χ4n) is 2.41. The van der Waals surface area contributed by atoms with Crippen molar-refractivity contribution in [3.8, 4) is 0 Å². The maximum Gasteiger partial charge on any atom is 0.341 e. The molecule has 0 aliphatic heterocycles. The largest absolute Gasteiger partial charge is 0.456 e. The number of rotatable bonds is 10. The molecular weight excluding hydrogens is 446 g/mol. The molecule has 0 amide bonds. The van der Waals surface area contributed by atoms with Gasteiger partial charge in [-0.05, 0) is 20.8 Å². The second-order valence-electron chi connectivity index (χ2n) is 7.08. The molecule has 1 aromatic rings. The molecule has 0 aromatic heterocycles. The normalized spacial score (nSPS) is 11.8. The molecule has 1 aromatic carbocycles. The van der Waals surface area contributed by atoms with Gasteiger partial charge in [0, 0.05) is 25.0 Å². The van der Waals surface area contributed by atoms with Crippen LogP contribution in [0.25, 0.3) is 0 Å². The molecule has 0 saturated heterocycles. The zero-order valence-electron chi connectivity index (χ0n) is 16.8. The predicted octanol–water partition coefficient (Wildman–Crippen LogP) is 2.48. The first-order valence-corrected chi connectivity index (χ1v) is 10.9. The first kappa shape index (κ1) is 25.5. The lowest BCUT2D eigenvalue weighted by atomic mass is 10.1. The highest BCUT2D eigenvalue weighted by molar-refractivity contribution is 7.85. The summed E-state index contributed by atoms with van der Waals surface area (Å²) in [5.74, 6) is -1.06. The predicted molar refractivity (Wildman–Crippen MR) is 109 cm³/mol. The maximum absolute atomic E-state index is 12.7. The molecule has 1 rings (SSSR count). The zero-order chi connectivity index (χ0) is 23.3. The molecule has 0 N–H and O–H groups in total. The average molecular weight is 468 g/mol. The Morgan fingerprint density at radius 1 is 1.17 bits per heavy atom. The molecule has 14 heteroatoms. The second kappa shape index (κ2) is 10.00. The van der Waals surface area contributed by atoms with Gasteiger partial charge in [0.05, 0.1) is 34.3 Å². The van der Waals surface area contributed by atoms with Crippen LogP contribution in [0.2, 0.25) is 0 Å². The zero-order valence-corrected chi connectivity index (χ0v) is 18.4. The van der Waals surface area contributed by atoms with Crippen molar-refractivity contribution in [1.82, 2.24) is 0 Å². The van der Waals surface area contributed by atoms with E-state index in [0.717, 1.165) is 12.3 Å². The van der Waals surface area contributed by atoms with Crippen molar-refractivity contribution < 1.29 is 32.0 Å². The van der Waals surface area contributed by atoms with Gasteiger partial charge < -0.3 is 9.64 Å². The number of hydrogen-bond donors (Lipinski definition) is 0. The number of ether oxygens (including phenoxy) is 1. The third-order valence-electron chi connectivity index (χ3n) is 3.43. The fourth-order valence-corrected chi connectivity index (χ4v) is 2.99. The molecule has 168 valence electrons. The number of nitrogens with zero attached hydrogens (tertiary/aromatic N) is 3. The van der Waals surface area contributed by atoms with E-state index in [1.807, 2.05) is 0 Å². The van der Waals surface area contributed by atoms with E-state index in [2.05, 4.69) is 4.18 Å². The Kier molecular flexibility index (Phi) is 8.51. The molecule has 0 unspecified atom stereocenters. The molecule has 0 radical (unpaired) electrons. The average Bonchev–Trinajstić information content (AvgIpc) is 2.57. The Bertz CT molecular complexity index is 929. The van der Waals surface area contributed by atoms with Crippen LogP contribution in [0.4, 0.5) is 17.1 Å². The number of anilines is 1. The molecular formula is C16H22ClN3O9S. The molecule has 0 saturated carbocycles. The number of esters is 1. The van der Waals surface area contributed by atoms with Crippen LogP contribution >= 0.6 is 11.6 Å². The number of carbonyl (C=O) groups excluding carboxylic acids is 1. The van der Waals surface area contributed by atoms with E-state index in [4.69, 9.17) is 16.3 Å². The van der Waals surface area contributed by atoms with E-state index >= 15 is 0 Å². The van der Waals surface area contributed by atoms with Gasteiger partial charge in [0.15, 0.2) is 0 Å². The van der Waals surface area contributed by atoms with E-state index in [1.54, 1.807) is 20.8 Å². The van der Waals surface area contributed by atoms with Crippen LogP contribution in [-0.2, 0) is 19.0 Å². The Morgan fingerprint density at radius 2 is 1.77 bits per heavy atom. The van der Waals surface area contributed by atoms with Crippen molar-refractivity contribution in [2.24, 2.45) is 0 Å². The molecule has 0 atom stereocenters. The van der Waals surface area contributed by atoms with Crippen LogP contribution in [-0.4, -0.2) is 61.7 Å². The molecule has 12 nitrogen and oxygen atoms in total. The summed E-state index contributed by atoms with van der Waals surface area (Å²) >= 11 is 5.77. The second-order valence-corrected chi connectivity index (χ2v) is 9.10. The van der Waals surface area contributed by atoms with Crippen LogP contribution in [0.5, 0.6) is 0 Å². The minimum atomic E-state index is -3.79. The van der Waals surface area contributed by atoms with E-state index in [1.165, 1.54) is 4.90 Å². The van der Waals surface area contributed by atoms with Gasteiger partial charge in [-0.3, -0.25) is 24.4 Å². The Labute approximate surface area is 178 Å². The molecule has 0 heterocycles. The molecule has 30 heavy (non-hydrogen) atoms. The van der Waals surface area contributed by atoms with E-state index < -0.39 is 55.1 Å². The summed E-state index contributed by atoms with van der Waals surface area (Å²) in [7, 11) is -3.79. The Balaban J connectivity index is 3.64. The van der Waals surface area contributed by atoms with Gasteiger partial charge in [-0.15, -0.1) is 11.6 Å². The summed E-state index contributed by atoms with van der Waals surface area (Å²) in [5.41, 5.74) is -3.09. The lowest BCUT2D eigenvalue weighted by molar-refractivity contribution is -0.393. The highest BCUT2D eigenvalue weighted by Crippen LogP contribution is 2.37. The number of hydrogen-bond acceptors (Lipinski definition) is 10. The fraction of sp³-hybridized carbons (Fsp3) is 0.562. The SMILES string of the molecule is CC(C)(C)OC(=O)c1cc([N+](=O)[O-])cc([N+](=O)[O-])c1N(CCCl)CCOS(C)(=O)=O. The summed E-state index contributed by atoms with van der Waals surface area (Å²) in [6.45, 7) is 4.06. The highest BCUT2D eigenvalue weighted by Gasteiger charge is 2.33. The lowest BCUT2D eigenvalue weighted by Gasteiger charge is -2.26. The van der Waals surface area contributed by atoms with E-state index in [-0.39, 0.29) is 24.7 Å². The highest BCUT2D eigenvalue weighted by atomic mass is 35.5. The summed E-state index contributed by atoms with van der Waals surface area (Å²) in [4.78, 5) is 35.1. The van der Waals surface area contributed by atoms with Gasteiger partial charge in [-0.25, -0.2) is 4.79 Å². The molecule has 0 aliphatic rings. The van der Waals surface area contributed by atoms with Gasteiger partial charge in [-0.1, -0.05) is 0 Å². The topological polar surface area (TPSA) is 159 Å². The van der Waals surface area contributed by atoms with Crippen molar-refractivity contribution in [1.29, 1.82) is 0 Å². The van der Waals surface area contributed by atoms with Crippen molar-refractivity contribution in [3.63, 3.8) is 0 Å². The number of carbonyl (C=O) groups is 1. The minimum Gasteiger partial charge on any atom is -0.456 e. The van der Waals surface area contributed by atoms with Crippen molar-refractivity contribution >= 4 is 44.8 Å². The Hall–Kier alpha value is -2.51. The number of halogens is 1. The first-order chi connectivity index (χ1) is 13.7. The van der Waals surface area contributed by atoms with Crippen LogP contribution in [0, 0.1) is 20.2 Å². The van der Waals surface area contributed by atoms with Crippen molar-refractivity contribution in [3.05, 3.63) is 37.9 Å². The van der Waals surface area contributed by atoms with Gasteiger partial charge in [0.1, 0.15) is 11.3 Å². The number of alkyl halides is 1. The third-order valence-corrected chi connectivity index (χ3v) is 4.19. The molecule has 0 aliphatic carbocycles. The number of nitro groups is 2. The first-order valence-electron chi connectivity index (χ1n) is 8.51. The standard InChI is InChI=1S/C16H22ClN3O9S/c1-16(2,3)29-15(21)12-9-11(19(22)23)10-13(20(24)25)14(12)18(6-5-17)7-8-28-30(4,26)27/h9-10H,5-8H2,1-4H3. The molecule has 0 fully saturated rings. The summed E-state index contributed by atoms with van der Waals surface area (Å²) in [6.07, 6.45) is 0.833. The maximum atomic E-state index is 12.7. The smallest absolute Gasteiger partial charge is 0.341 e. The van der Waals surface area contributed by atoms with Crippen molar-refractivity contribution in [2.75, 3.05) is 36.7 Å². The summed E-state index contributed by atoms with van der Waals surface area (Å²) in [6, 6.07) is 1.58. The van der Waals surface area contributed by atoms with E-state index in [9.17, 15) is 33.4 Å².